The molecule has 7 heteroatoms. The molecule has 5 aromatic heterocycles. The Morgan fingerprint density at radius 3 is 1.22 bits per heavy atom. The summed E-state index contributed by atoms with van der Waals surface area (Å²) in [5, 5.41) is 8.73. The molecule has 5 heterocycles. The van der Waals surface area contributed by atoms with Gasteiger partial charge in [-0.3, -0.25) is 0 Å². The molecule has 16 rings (SSSR count). The highest BCUT2D eigenvalue weighted by molar-refractivity contribution is 6.22. The summed E-state index contributed by atoms with van der Waals surface area (Å²) in [4.78, 5) is 15.9. The first-order valence-corrected chi connectivity index (χ1v) is 25.6. The summed E-state index contributed by atoms with van der Waals surface area (Å²) in [6, 6.07) is 87.3. The number of rotatable bonds is 7. The topological polar surface area (TPSA) is 74.8 Å². The van der Waals surface area contributed by atoms with Gasteiger partial charge in [0.25, 0.3) is 0 Å². The van der Waals surface area contributed by atoms with Crippen LogP contribution in [0.3, 0.4) is 0 Å². The van der Waals surface area contributed by atoms with Crippen molar-refractivity contribution >= 4 is 87.5 Å². The number of hydrogen-bond donors (Lipinski definition) is 0. The van der Waals surface area contributed by atoms with Gasteiger partial charge < -0.3 is 18.0 Å². The molecule has 76 heavy (non-hydrogen) atoms. The molecule has 0 amide bonds. The van der Waals surface area contributed by atoms with Crippen molar-refractivity contribution < 1.29 is 8.83 Å². The first-order valence-electron chi connectivity index (χ1n) is 25.6. The SMILES string of the molecule is c1ccc(-c2nc(-c3ccccc3)nc(-c3cc(-c4cccc5oc6cc7c8ccccc8n(-c8ccccc8)c7cc6c45)ccc3-c3cccc4oc5cc6c7ccccc7n(-c7ccccc7)c6cc5c34)n2)cc1. The average molecular weight is 972 g/mol. The summed E-state index contributed by atoms with van der Waals surface area (Å²) in [5.41, 5.74) is 16.6. The molecule has 0 bridgehead atoms. The van der Waals surface area contributed by atoms with Crippen LogP contribution in [0, 0.1) is 0 Å². The molecule has 0 fully saturated rings. The molecule has 0 saturated carbocycles. The van der Waals surface area contributed by atoms with Crippen LogP contribution < -0.4 is 0 Å². The first-order chi connectivity index (χ1) is 37.7. The fraction of sp³-hybridized carbons (Fsp3) is 0. The molecule has 7 nitrogen and oxygen atoms in total. The highest BCUT2D eigenvalue weighted by Gasteiger charge is 2.24. The van der Waals surface area contributed by atoms with Gasteiger partial charge >= 0.3 is 0 Å². The molecule has 0 spiro atoms. The number of aromatic nitrogens is 5. The van der Waals surface area contributed by atoms with Gasteiger partial charge in [0, 0.05) is 71.2 Å². The third-order valence-electron chi connectivity index (χ3n) is 15.2. The van der Waals surface area contributed by atoms with E-state index in [1.807, 2.05) is 36.4 Å². The smallest absolute Gasteiger partial charge is 0.164 e. The van der Waals surface area contributed by atoms with E-state index in [-0.39, 0.29) is 0 Å². The minimum atomic E-state index is 0.555. The summed E-state index contributed by atoms with van der Waals surface area (Å²) in [6.07, 6.45) is 0. The molecule has 0 unspecified atom stereocenters. The Morgan fingerprint density at radius 2 is 0.697 bits per heavy atom. The van der Waals surface area contributed by atoms with Crippen LogP contribution in [0.2, 0.25) is 0 Å². The van der Waals surface area contributed by atoms with Crippen molar-refractivity contribution in [3.8, 4) is 67.8 Å². The van der Waals surface area contributed by atoms with Gasteiger partial charge in [-0.05, 0) is 101 Å². The Morgan fingerprint density at radius 1 is 0.250 bits per heavy atom. The van der Waals surface area contributed by atoms with Gasteiger partial charge in [0.2, 0.25) is 0 Å². The van der Waals surface area contributed by atoms with Gasteiger partial charge in [0.05, 0.1) is 22.1 Å². The molecule has 16 aromatic rings. The Hall–Kier alpha value is -10.4. The second-order valence-electron chi connectivity index (χ2n) is 19.5. The summed E-state index contributed by atoms with van der Waals surface area (Å²) < 4.78 is 18.4. The van der Waals surface area contributed by atoms with E-state index in [1.165, 1.54) is 10.8 Å². The quantitative estimate of drug-likeness (QED) is 0.159. The van der Waals surface area contributed by atoms with Crippen LogP contribution in [-0.4, -0.2) is 24.1 Å². The second kappa shape index (κ2) is 16.6. The van der Waals surface area contributed by atoms with Crippen LogP contribution in [0.15, 0.2) is 258 Å². The van der Waals surface area contributed by atoms with Gasteiger partial charge in [-0.15, -0.1) is 0 Å². The Labute approximate surface area is 434 Å². The van der Waals surface area contributed by atoms with Crippen LogP contribution in [0.25, 0.3) is 155 Å². The van der Waals surface area contributed by atoms with Gasteiger partial charge in [-0.25, -0.2) is 15.0 Å². The lowest BCUT2D eigenvalue weighted by Gasteiger charge is -2.15. The minimum absolute atomic E-state index is 0.555. The summed E-state index contributed by atoms with van der Waals surface area (Å²) in [7, 11) is 0. The lowest BCUT2D eigenvalue weighted by molar-refractivity contribution is 0.669. The molecule has 0 N–H and O–H groups in total. The normalized spacial score (nSPS) is 11.9. The third kappa shape index (κ3) is 6.46. The van der Waals surface area contributed by atoms with E-state index in [9.17, 15) is 0 Å². The van der Waals surface area contributed by atoms with Crippen molar-refractivity contribution in [2.45, 2.75) is 0 Å². The number of furan rings is 2. The molecule has 354 valence electrons. The molecule has 0 aliphatic carbocycles. The maximum Gasteiger partial charge on any atom is 0.164 e. The average Bonchev–Trinajstić information content (AvgIpc) is 4.26. The van der Waals surface area contributed by atoms with E-state index in [1.54, 1.807) is 0 Å². The number of benzene rings is 11. The van der Waals surface area contributed by atoms with Crippen LogP contribution in [0.5, 0.6) is 0 Å². The van der Waals surface area contributed by atoms with E-state index in [4.69, 9.17) is 23.8 Å². The zero-order valence-corrected chi connectivity index (χ0v) is 40.7. The van der Waals surface area contributed by atoms with Crippen molar-refractivity contribution in [3.05, 3.63) is 249 Å². The fourth-order valence-corrected chi connectivity index (χ4v) is 11.8. The monoisotopic (exact) mass is 971 g/mol. The number of para-hydroxylation sites is 4. The predicted molar refractivity (Wildman–Crippen MR) is 310 cm³/mol. The van der Waals surface area contributed by atoms with Gasteiger partial charge in [-0.2, -0.15) is 0 Å². The Bertz CT molecular complexity index is 4920. The number of nitrogens with zero attached hydrogens (tertiary/aromatic N) is 5. The van der Waals surface area contributed by atoms with Crippen molar-refractivity contribution in [1.29, 1.82) is 0 Å². The Kier molecular flexibility index (Phi) is 9.20. The number of fused-ring (bicyclic) bond motifs is 12. The minimum Gasteiger partial charge on any atom is -0.456 e. The molecular formula is C69H41N5O2. The summed E-state index contributed by atoms with van der Waals surface area (Å²) in [5.74, 6) is 1.73. The van der Waals surface area contributed by atoms with Crippen LogP contribution in [0.4, 0.5) is 0 Å². The molecule has 0 atom stereocenters. The highest BCUT2D eigenvalue weighted by atomic mass is 16.3. The molecule has 11 aromatic carbocycles. The van der Waals surface area contributed by atoms with Crippen LogP contribution in [-0.2, 0) is 0 Å². The molecular weight excluding hydrogens is 931 g/mol. The van der Waals surface area contributed by atoms with Crippen molar-refractivity contribution in [2.75, 3.05) is 0 Å². The van der Waals surface area contributed by atoms with Crippen molar-refractivity contribution in [2.24, 2.45) is 0 Å². The lowest BCUT2D eigenvalue weighted by atomic mass is 9.90. The first kappa shape index (κ1) is 42.2. The zero-order valence-electron chi connectivity index (χ0n) is 40.7. The van der Waals surface area contributed by atoms with E-state index in [0.29, 0.717) is 17.5 Å². The number of hydrogen-bond acceptors (Lipinski definition) is 5. The second-order valence-corrected chi connectivity index (χ2v) is 19.5. The van der Waals surface area contributed by atoms with E-state index in [0.717, 1.165) is 127 Å². The Balaban J connectivity index is 0.973. The van der Waals surface area contributed by atoms with E-state index in [2.05, 4.69) is 221 Å². The summed E-state index contributed by atoms with van der Waals surface area (Å²) in [6.45, 7) is 0. The lowest BCUT2D eigenvalue weighted by Crippen LogP contribution is -2.01. The van der Waals surface area contributed by atoms with Gasteiger partial charge in [0.1, 0.15) is 22.3 Å². The van der Waals surface area contributed by atoms with Gasteiger partial charge in [-0.1, -0.05) is 170 Å². The van der Waals surface area contributed by atoms with Crippen molar-refractivity contribution in [1.82, 2.24) is 24.1 Å². The van der Waals surface area contributed by atoms with E-state index < -0.39 is 0 Å². The van der Waals surface area contributed by atoms with E-state index >= 15 is 0 Å². The fourth-order valence-electron chi connectivity index (χ4n) is 11.8. The summed E-state index contributed by atoms with van der Waals surface area (Å²) >= 11 is 0. The predicted octanol–water partition coefficient (Wildman–Crippen LogP) is 18.2. The molecule has 0 aliphatic rings. The maximum atomic E-state index is 6.88. The standard InChI is InChI=1S/C69H41N5O2/c1-5-19-42(20-6-1)67-70-68(43-21-7-2-8-22-43)72-69(71-67)54-37-44(47-29-17-33-61-65(47)55-38-59-52(40-63(55)75-61)49-27-13-15-31-57(49)73(59)45-23-9-3-10-24-45)35-36-48(54)51-30-18-34-62-66(51)56-39-60-53(41-64(56)76-62)50-28-14-16-32-58(50)74(60)46-25-11-4-12-26-46/h1-41H. The third-order valence-corrected chi connectivity index (χ3v) is 15.2. The van der Waals surface area contributed by atoms with Gasteiger partial charge in [0.15, 0.2) is 17.5 Å². The molecule has 0 aliphatic heterocycles. The van der Waals surface area contributed by atoms with Crippen LogP contribution in [0.1, 0.15) is 0 Å². The van der Waals surface area contributed by atoms with Crippen LogP contribution >= 0.6 is 0 Å². The zero-order chi connectivity index (χ0) is 49.8. The molecule has 0 saturated heterocycles. The largest absolute Gasteiger partial charge is 0.456 e. The molecule has 0 radical (unpaired) electrons. The van der Waals surface area contributed by atoms with Crippen molar-refractivity contribution in [3.63, 3.8) is 0 Å². The maximum absolute atomic E-state index is 6.88. The highest BCUT2D eigenvalue weighted by Crippen LogP contribution is 2.47.